The minimum Gasteiger partial charge on any atom is -0.471 e. The number of aryl methyl sites for hydroxylation is 1. The van der Waals surface area contributed by atoms with Gasteiger partial charge in [-0.15, -0.1) is 0 Å². The van der Waals surface area contributed by atoms with Crippen LogP contribution in [-0.2, 0) is 21.3 Å². The summed E-state index contributed by atoms with van der Waals surface area (Å²) in [5, 5.41) is 0. The Morgan fingerprint density at radius 2 is 2.00 bits per heavy atom. The van der Waals surface area contributed by atoms with E-state index in [0.717, 1.165) is 13.0 Å². The summed E-state index contributed by atoms with van der Waals surface area (Å²) in [6.07, 6.45) is 1.29. The normalized spacial score (nSPS) is 25.3. The molecule has 0 N–H and O–H groups in total. The van der Waals surface area contributed by atoms with Crippen molar-refractivity contribution in [2.75, 3.05) is 41.0 Å². The van der Waals surface area contributed by atoms with Gasteiger partial charge in [-0.1, -0.05) is 0 Å². The van der Waals surface area contributed by atoms with Crippen molar-refractivity contribution in [1.29, 1.82) is 0 Å². The molecule has 0 bridgehead atoms. The number of ether oxygens (including phenoxy) is 4. The molecule has 0 spiro atoms. The van der Waals surface area contributed by atoms with Gasteiger partial charge in [0.05, 0.1) is 31.9 Å². The summed E-state index contributed by atoms with van der Waals surface area (Å²) in [6.45, 7) is 3.80. The lowest BCUT2D eigenvalue weighted by Crippen LogP contribution is -2.45. The average Bonchev–Trinajstić information content (AvgIpc) is 3.46. The second kappa shape index (κ2) is 8.56. The lowest BCUT2D eigenvalue weighted by molar-refractivity contribution is 0.0176. The third kappa shape index (κ3) is 3.70. The molecular weight excluding hydrogens is 406 g/mol. The Labute approximate surface area is 179 Å². The number of carbonyl (C=O) groups is 1. The van der Waals surface area contributed by atoms with E-state index in [2.05, 4.69) is 14.9 Å². The Hall–Kier alpha value is -2.50. The Bertz CT molecular complexity index is 1030. The molecule has 0 amide bonds. The number of likely N-dealkylation sites (tertiary alicyclic amines) is 1. The quantitative estimate of drug-likeness (QED) is 0.594. The van der Waals surface area contributed by atoms with E-state index in [0.29, 0.717) is 30.8 Å². The lowest BCUT2D eigenvalue weighted by Gasteiger charge is -2.30. The summed E-state index contributed by atoms with van der Waals surface area (Å²) in [5.74, 6) is -0.679. The molecule has 2 saturated heterocycles. The smallest absolute Gasteiger partial charge is 0.376 e. The van der Waals surface area contributed by atoms with Crippen molar-refractivity contribution < 1.29 is 23.7 Å². The highest BCUT2D eigenvalue weighted by Crippen LogP contribution is 2.30. The van der Waals surface area contributed by atoms with E-state index >= 15 is 0 Å². The molecule has 2 aromatic rings. The second-order valence-electron chi connectivity index (χ2n) is 8.10. The Kier molecular flexibility index (Phi) is 6.00. The number of hydrogen-bond donors (Lipinski definition) is 0. The lowest BCUT2D eigenvalue weighted by atomic mass is 10.1. The van der Waals surface area contributed by atoms with Crippen LogP contribution in [0.25, 0.3) is 11.2 Å². The van der Waals surface area contributed by atoms with Gasteiger partial charge in [0.2, 0.25) is 11.7 Å². The first kappa shape index (κ1) is 21.7. The SMILES string of the molecule is COC(=O)c1nc(O[C@@H](C)[C@@H]2[C@@H](OC)CCN2C)c2c(n1)n([C@@H]1CCOC1)c(=O)n2C. The largest absolute Gasteiger partial charge is 0.471 e. The van der Waals surface area contributed by atoms with E-state index in [1.165, 1.54) is 11.7 Å². The molecule has 4 heterocycles. The molecule has 0 aromatic carbocycles. The minimum absolute atomic E-state index is 0.000983. The van der Waals surface area contributed by atoms with Crippen molar-refractivity contribution in [3.05, 3.63) is 16.3 Å². The number of methoxy groups -OCH3 is 2. The van der Waals surface area contributed by atoms with Gasteiger partial charge in [0.25, 0.3) is 0 Å². The third-order valence-electron chi connectivity index (χ3n) is 6.27. The molecule has 2 aliphatic rings. The summed E-state index contributed by atoms with van der Waals surface area (Å²) in [6, 6.07) is -0.167. The van der Waals surface area contributed by atoms with Gasteiger partial charge in [-0.2, -0.15) is 4.98 Å². The maximum atomic E-state index is 13.1. The van der Waals surface area contributed by atoms with Gasteiger partial charge < -0.3 is 18.9 Å². The molecule has 0 saturated carbocycles. The van der Waals surface area contributed by atoms with Crippen LogP contribution < -0.4 is 10.4 Å². The number of hydrogen-bond acceptors (Lipinski definition) is 9. The van der Waals surface area contributed by atoms with Gasteiger partial charge in [-0.05, 0) is 26.8 Å². The number of nitrogens with zero attached hydrogens (tertiary/aromatic N) is 5. The van der Waals surface area contributed by atoms with E-state index < -0.39 is 5.97 Å². The van der Waals surface area contributed by atoms with Crippen LogP contribution in [0.15, 0.2) is 4.79 Å². The van der Waals surface area contributed by atoms with Crippen LogP contribution in [0.3, 0.4) is 0 Å². The molecule has 4 rings (SSSR count). The molecular formula is C20H29N5O6. The summed E-state index contributed by atoms with van der Waals surface area (Å²) in [5.41, 5.74) is 0.516. The van der Waals surface area contributed by atoms with E-state index in [1.807, 2.05) is 14.0 Å². The fourth-order valence-electron chi connectivity index (χ4n) is 4.65. The van der Waals surface area contributed by atoms with Crippen molar-refractivity contribution in [2.24, 2.45) is 7.05 Å². The first-order valence-electron chi connectivity index (χ1n) is 10.4. The van der Waals surface area contributed by atoms with Crippen LogP contribution in [0.1, 0.15) is 36.4 Å². The van der Waals surface area contributed by atoms with Crippen LogP contribution >= 0.6 is 0 Å². The Morgan fingerprint density at radius 3 is 2.65 bits per heavy atom. The van der Waals surface area contributed by atoms with E-state index in [-0.39, 0.29) is 41.7 Å². The topological polar surface area (TPSA) is 110 Å². The van der Waals surface area contributed by atoms with Crippen LogP contribution in [0.4, 0.5) is 0 Å². The zero-order valence-electron chi connectivity index (χ0n) is 18.5. The Morgan fingerprint density at radius 1 is 1.23 bits per heavy atom. The Balaban J connectivity index is 1.82. The molecule has 11 nitrogen and oxygen atoms in total. The molecule has 4 atom stereocenters. The van der Waals surface area contributed by atoms with Crippen molar-refractivity contribution in [3.63, 3.8) is 0 Å². The van der Waals surface area contributed by atoms with Gasteiger partial charge >= 0.3 is 11.7 Å². The number of esters is 1. The summed E-state index contributed by atoms with van der Waals surface area (Å²) in [7, 11) is 6.62. The number of imidazole rings is 1. The highest BCUT2D eigenvalue weighted by Gasteiger charge is 2.38. The van der Waals surface area contributed by atoms with Crippen molar-refractivity contribution in [1.82, 2.24) is 24.0 Å². The fourth-order valence-corrected chi connectivity index (χ4v) is 4.65. The molecule has 0 aliphatic carbocycles. The first-order valence-corrected chi connectivity index (χ1v) is 10.4. The van der Waals surface area contributed by atoms with E-state index in [9.17, 15) is 9.59 Å². The minimum atomic E-state index is -0.697. The summed E-state index contributed by atoms with van der Waals surface area (Å²) in [4.78, 5) is 36.2. The molecule has 2 aromatic heterocycles. The zero-order chi connectivity index (χ0) is 22.3. The number of aromatic nitrogens is 4. The number of likely N-dealkylation sites (N-methyl/N-ethyl adjacent to an activating group) is 1. The molecule has 0 radical (unpaired) electrons. The molecule has 2 aliphatic heterocycles. The maximum absolute atomic E-state index is 13.1. The highest BCUT2D eigenvalue weighted by atomic mass is 16.5. The number of rotatable bonds is 6. The van der Waals surface area contributed by atoms with Gasteiger partial charge in [0.15, 0.2) is 11.2 Å². The first-order chi connectivity index (χ1) is 14.9. The third-order valence-corrected chi connectivity index (χ3v) is 6.27. The number of carbonyl (C=O) groups excluding carboxylic acids is 1. The van der Waals surface area contributed by atoms with Crippen LogP contribution in [0.5, 0.6) is 5.88 Å². The highest BCUT2D eigenvalue weighted by molar-refractivity contribution is 5.89. The summed E-state index contributed by atoms with van der Waals surface area (Å²) < 4.78 is 25.2. The van der Waals surface area contributed by atoms with Crippen LogP contribution in [0.2, 0.25) is 0 Å². The maximum Gasteiger partial charge on any atom is 0.376 e. The molecule has 0 unspecified atom stereocenters. The van der Waals surface area contributed by atoms with E-state index in [4.69, 9.17) is 18.9 Å². The summed E-state index contributed by atoms with van der Waals surface area (Å²) >= 11 is 0. The monoisotopic (exact) mass is 435 g/mol. The standard InChI is InChI=1S/C20H29N5O6/c1-11(14-13(28-4)6-8-23(14)2)31-18-15-17(21-16(22-18)19(26)29-5)25(20(27)24(15)3)12-7-9-30-10-12/h11-14H,6-10H2,1-5H3/t11-,12+,13-,14+/m0/s1. The predicted octanol–water partition coefficient (Wildman–Crippen LogP) is 0.364. The van der Waals surface area contributed by atoms with Crippen molar-refractivity contribution in [3.8, 4) is 5.88 Å². The molecule has 11 heteroatoms. The fraction of sp³-hybridized carbons (Fsp3) is 0.700. The molecule has 2 fully saturated rings. The van der Waals surface area contributed by atoms with Crippen LogP contribution in [-0.4, -0.2) is 89.2 Å². The van der Waals surface area contributed by atoms with Gasteiger partial charge in [0.1, 0.15) is 6.10 Å². The van der Waals surface area contributed by atoms with Gasteiger partial charge in [-0.3, -0.25) is 14.0 Å². The number of fused-ring (bicyclic) bond motifs is 1. The molecule has 170 valence electrons. The molecule has 31 heavy (non-hydrogen) atoms. The van der Waals surface area contributed by atoms with Gasteiger partial charge in [-0.25, -0.2) is 14.6 Å². The van der Waals surface area contributed by atoms with E-state index in [1.54, 1.807) is 18.7 Å². The van der Waals surface area contributed by atoms with Crippen molar-refractivity contribution >= 4 is 17.1 Å². The van der Waals surface area contributed by atoms with Crippen molar-refractivity contribution in [2.45, 2.75) is 44.1 Å². The van der Waals surface area contributed by atoms with Crippen LogP contribution in [0, 0.1) is 0 Å². The predicted molar refractivity (Wildman–Crippen MR) is 111 cm³/mol. The average molecular weight is 435 g/mol. The van der Waals surface area contributed by atoms with Gasteiger partial charge in [0, 0.05) is 27.3 Å². The zero-order valence-corrected chi connectivity index (χ0v) is 18.5. The second-order valence-corrected chi connectivity index (χ2v) is 8.10.